The fourth-order valence-corrected chi connectivity index (χ4v) is 4.01. The van der Waals surface area contributed by atoms with Crippen molar-refractivity contribution in [3.63, 3.8) is 0 Å². The largest absolute Gasteiger partial charge is 0.381 e. The molecule has 4 heteroatoms. The lowest BCUT2D eigenvalue weighted by atomic mass is 10.1. The highest BCUT2D eigenvalue weighted by Crippen LogP contribution is 2.63. The molecule has 0 N–H and O–H groups in total. The summed E-state index contributed by atoms with van der Waals surface area (Å²) < 4.78 is 8.79. The van der Waals surface area contributed by atoms with Gasteiger partial charge in [-0.15, -0.1) is 0 Å². The SMILES string of the molecule is CO[C@@H]1C[C@@H]2[C@H](C1)[C@H]2c1cc(I)nn1C(C)C. The molecule has 0 saturated heterocycles. The number of hydrogen-bond acceptors (Lipinski definition) is 2. The molecular weight excluding hydrogens is 327 g/mol. The van der Waals surface area contributed by atoms with Crippen LogP contribution >= 0.6 is 22.6 Å². The zero-order valence-electron chi connectivity index (χ0n) is 10.6. The maximum Gasteiger partial charge on any atom is 0.123 e. The van der Waals surface area contributed by atoms with Crippen LogP contribution in [0.25, 0.3) is 0 Å². The van der Waals surface area contributed by atoms with Crippen LogP contribution in [0.1, 0.15) is 44.3 Å². The van der Waals surface area contributed by atoms with E-state index in [9.17, 15) is 0 Å². The molecule has 0 aliphatic heterocycles. The highest BCUT2D eigenvalue weighted by molar-refractivity contribution is 14.1. The zero-order chi connectivity index (χ0) is 12.2. The summed E-state index contributed by atoms with van der Waals surface area (Å²) in [4.78, 5) is 0. The van der Waals surface area contributed by atoms with Crippen molar-refractivity contribution < 1.29 is 4.74 Å². The maximum atomic E-state index is 5.46. The molecule has 17 heavy (non-hydrogen) atoms. The fourth-order valence-electron chi connectivity index (χ4n) is 3.46. The van der Waals surface area contributed by atoms with Gasteiger partial charge in [-0.05, 0) is 67.2 Å². The summed E-state index contributed by atoms with van der Waals surface area (Å²) in [6.45, 7) is 4.42. The van der Waals surface area contributed by atoms with E-state index < -0.39 is 0 Å². The van der Waals surface area contributed by atoms with E-state index in [1.165, 1.54) is 18.5 Å². The normalized spacial score (nSPS) is 35.4. The second-order valence-electron chi connectivity index (χ2n) is 5.61. The average molecular weight is 346 g/mol. The van der Waals surface area contributed by atoms with E-state index in [0.717, 1.165) is 21.5 Å². The first-order valence-corrected chi connectivity index (χ1v) is 7.47. The first-order chi connectivity index (χ1) is 8.11. The molecule has 0 amide bonds. The minimum Gasteiger partial charge on any atom is -0.381 e. The van der Waals surface area contributed by atoms with Crippen LogP contribution in [0.2, 0.25) is 0 Å². The lowest BCUT2D eigenvalue weighted by Crippen LogP contribution is -2.12. The van der Waals surface area contributed by atoms with E-state index in [2.05, 4.69) is 52.3 Å². The van der Waals surface area contributed by atoms with Gasteiger partial charge in [0.1, 0.15) is 3.70 Å². The van der Waals surface area contributed by atoms with Crippen molar-refractivity contribution >= 4 is 22.6 Å². The summed E-state index contributed by atoms with van der Waals surface area (Å²) in [6, 6.07) is 2.74. The van der Waals surface area contributed by atoms with Gasteiger partial charge < -0.3 is 4.74 Å². The van der Waals surface area contributed by atoms with Gasteiger partial charge in [0.15, 0.2) is 0 Å². The van der Waals surface area contributed by atoms with E-state index in [-0.39, 0.29) is 0 Å². The van der Waals surface area contributed by atoms with Gasteiger partial charge in [-0.2, -0.15) is 5.10 Å². The molecule has 1 heterocycles. The molecule has 3 nitrogen and oxygen atoms in total. The van der Waals surface area contributed by atoms with E-state index in [4.69, 9.17) is 4.74 Å². The fraction of sp³-hybridized carbons (Fsp3) is 0.769. The van der Waals surface area contributed by atoms with Crippen LogP contribution < -0.4 is 0 Å². The van der Waals surface area contributed by atoms with E-state index in [1.807, 2.05) is 7.11 Å². The number of fused-ring (bicyclic) bond motifs is 1. The predicted molar refractivity (Wildman–Crippen MR) is 75.1 cm³/mol. The summed E-state index contributed by atoms with van der Waals surface area (Å²) in [5.41, 5.74) is 1.45. The molecule has 2 aliphatic rings. The molecule has 0 bridgehead atoms. The predicted octanol–water partition coefficient (Wildman–Crippen LogP) is 3.21. The minimum absolute atomic E-state index is 0.466. The number of halogens is 1. The monoisotopic (exact) mass is 346 g/mol. The molecule has 0 aromatic carbocycles. The van der Waals surface area contributed by atoms with Crippen LogP contribution in [-0.2, 0) is 4.74 Å². The van der Waals surface area contributed by atoms with Crippen LogP contribution in [0.15, 0.2) is 6.07 Å². The maximum absolute atomic E-state index is 5.46. The lowest BCUT2D eigenvalue weighted by Gasteiger charge is -2.15. The Morgan fingerprint density at radius 1 is 1.41 bits per heavy atom. The van der Waals surface area contributed by atoms with Gasteiger partial charge in [0.05, 0.1) is 6.10 Å². The Morgan fingerprint density at radius 2 is 2.06 bits per heavy atom. The second kappa shape index (κ2) is 4.23. The topological polar surface area (TPSA) is 27.1 Å². The Morgan fingerprint density at radius 3 is 2.59 bits per heavy atom. The Balaban J connectivity index is 1.80. The highest BCUT2D eigenvalue weighted by atomic mass is 127. The third-order valence-corrected chi connectivity index (χ3v) is 4.83. The van der Waals surface area contributed by atoms with Crippen molar-refractivity contribution in [3.8, 4) is 0 Å². The summed E-state index contributed by atoms with van der Waals surface area (Å²) in [7, 11) is 1.84. The molecule has 0 spiro atoms. The van der Waals surface area contributed by atoms with Gasteiger partial charge in [-0.1, -0.05) is 0 Å². The van der Waals surface area contributed by atoms with Crippen LogP contribution in [0.3, 0.4) is 0 Å². The molecule has 0 unspecified atom stereocenters. The standard InChI is InChI=1S/C13H19IN2O/c1-7(2)16-11(6-12(14)15-16)13-9-4-8(17-3)5-10(9)13/h6-10,13H,4-5H2,1-3H3/t8-,9-,10+,13+. The average Bonchev–Trinajstić information content (AvgIpc) is 2.66. The zero-order valence-corrected chi connectivity index (χ0v) is 12.7. The summed E-state index contributed by atoms with van der Waals surface area (Å²) in [5.74, 6) is 2.45. The third kappa shape index (κ3) is 1.93. The number of methoxy groups -OCH3 is 1. The molecule has 2 saturated carbocycles. The molecule has 2 fully saturated rings. The van der Waals surface area contributed by atoms with E-state index >= 15 is 0 Å². The molecule has 94 valence electrons. The van der Waals surface area contributed by atoms with Crippen molar-refractivity contribution in [1.82, 2.24) is 9.78 Å². The van der Waals surface area contributed by atoms with Gasteiger partial charge in [-0.25, -0.2) is 0 Å². The van der Waals surface area contributed by atoms with Crippen molar-refractivity contribution in [1.29, 1.82) is 0 Å². The highest BCUT2D eigenvalue weighted by Gasteiger charge is 2.57. The summed E-state index contributed by atoms with van der Waals surface area (Å²) in [5, 5.41) is 4.61. The van der Waals surface area contributed by atoms with Crippen LogP contribution in [0, 0.1) is 15.5 Å². The number of hydrogen-bond donors (Lipinski definition) is 0. The number of ether oxygens (including phenoxy) is 1. The van der Waals surface area contributed by atoms with Crippen molar-refractivity contribution in [2.24, 2.45) is 11.8 Å². The van der Waals surface area contributed by atoms with Gasteiger partial charge in [0.2, 0.25) is 0 Å². The van der Waals surface area contributed by atoms with Crippen molar-refractivity contribution in [2.45, 2.75) is 44.8 Å². The smallest absolute Gasteiger partial charge is 0.123 e. The third-order valence-electron chi connectivity index (χ3n) is 4.30. The number of aromatic nitrogens is 2. The molecule has 0 radical (unpaired) electrons. The van der Waals surface area contributed by atoms with Crippen LogP contribution in [0.4, 0.5) is 0 Å². The molecule has 1 aromatic rings. The van der Waals surface area contributed by atoms with Gasteiger partial charge in [0, 0.05) is 24.8 Å². The van der Waals surface area contributed by atoms with Crippen LogP contribution in [-0.4, -0.2) is 23.0 Å². The molecular formula is C13H19IN2O. The summed E-state index contributed by atoms with van der Waals surface area (Å²) in [6.07, 6.45) is 2.99. The molecule has 4 atom stereocenters. The van der Waals surface area contributed by atoms with E-state index in [1.54, 1.807) is 0 Å². The van der Waals surface area contributed by atoms with Crippen molar-refractivity contribution in [3.05, 3.63) is 15.5 Å². The molecule has 2 aliphatic carbocycles. The second-order valence-corrected chi connectivity index (χ2v) is 6.72. The Labute approximate surface area is 116 Å². The first-order valence-electron chi connectivity index (χ1n) is 6.39. The Kier molecular flexibility index (Phi) is 2.97. The van der Waals surface area contributed by atoms with Gasteiger partial charge in [0.25, 0.3) is 0 Å². The van der Waals surface area contributed by atoms with Gasteiger partial charge in [-0.3, -0.25) is 4.68 Å². The quantitative estimate of drug-likeness (QED) is 0.786. The van der Waals surface area contributed by atoms with E-state index in [0.29, 0.717) is 12.1 Å². The minimum atomic E-state index is 0.466. The van der Waals surface area contributed by atoms with Crippen LogP contribution in [0.5, 0.6) is 0 Å². The lowest BCUT2D eigenvalue weighted by molar-refractivity contribution is 0.0961. The Hall–Kier alpha value is -0.100. The first kappa shape index (κ1) is 12.0. The number of rotatable bonds is 3. The summed E-state index contributed by atoms with van der Waals surface area (Å²) >= 11 is 2.32. The van der Waals surface area contributed by atoms with Crippen molar-refractivity contribution in [2.75, 3.05) is 7.11 Å². The van der Waals surface area contributed by atoms with Gasteiger partial charge >= 0.3 is 0 Å². The number of nitrogens with zero attached hydrogens (tertiary/aromatic N) is 2. The Bertz CT molecular complexity index is 417. The molecule has 3 rings (SSSR count). The molecule has 1 aromatic heterocycles.